The van der Waals surface area contributed by atoms with E-state index in [1.165, 1.54) is 0 Å². The van der Waals surface area contributed by atoms with Crippen molar-refractivity contribution >= 4 is 16.8 Å². The predicted octanol–water partition coefficient (Wildman–Crippen LogP) is 1.56. The van der Waals surface area contributed by atoms with Gasteiger partial charge >= 0.3 is 0 Å². The molecule has 5 nitrogen and oxygen atoms in total. The van der Waals surface area contributed by atoms with E-state index in [-0.39, 0.29) is 11.9 Å². The molecule has 2 aromatic rings. The first-order valence-corrected chi connectivity index (χ1v) is 7.60. The molecular formula is C17H20N4O. The largest absolute Gasteiger partial charge is 0.350 e. The van der Waals surface area contributed by atoms with E-state index in [9.17, 15) is 4.79 Å². The van der Waals surface area contributed by atoms with E-state index in [0.717, 1.165) is 29.3 Å². The first-order valence-electron chi connectivity index (χ1n) is 7.60. The van der Waals surface area contributed by atoms with Crippen LogP contribution in [0.25, 0.3) is 10.9 Å². The number of nitrogens with zero attached hydrogens (tertiary/aromatic N) is 3. The molecule has 0 bridgehead atoms. The zero-order valence-corrected chi connectivity index (χ0v) is 12.7. The van der Waals surface area contributed by atoms with Crippen LogP contribution in [0.3, 0.4) is 0 Å². The Morgan fingerprint density at radius 3 is 3.05 bits per heavy atom. The number of hydrogen-bond acceptors (Lipinski definition) is 3. The Labute approximate surface area is 129 Å². The molecule has 1 saturated heterocycles. The lowest BCUT2D eigenvalue weighted by Gasteiger charge is -2.23. The van der Waals surface area contributed by atoms with Gasteiger partial charge in [0.15, 0.2) is 0 Å². The number of nitriles is 1. The molecule has 3 rings (SSSR count). The van der Waals surface area contributed by atoms with E-state index >= 15 is 0 Å². The van der Waals surface area contributed by atoms with Crippen molar-refractivity contribution in [2.75, 3.05) is 6.54 Å². The smallest absolute Gasteiger partial charge is 0.240 e. The van der Waals surface area contributed by atoms with Crippen LogP contribution < -0.4 is 5.73 Å². The second kappa shape index (κ2) is 5.82. The van der Waals surface area contributed by atoms with Gasteiger partial charge in [-0.3, -0.25) is 4.79 Å². The minimum Gasteiger partial charge on any atom is -0.350 e. The molecule has 0 radical (unpaired) electrons. The Morgan fingerprint density at radius 1 is 1.50 bits per heavy atom. The molecule has 1 aliphatic heterocycles. The number of amides is 1. The highest BCUT2D eigenvalue weighted by molar-refractivity contribution is 5.87. The molecule has 114 valence electrons. The minimum atomic E-state index is -0.597. The number of likely N-dealkylation sites (tertiary alicyclic amines) is 1. The van der Waals surface area contributed by atoms with E-state index in [1.807, 2.05) is 25.4 Å². The molecule has 5 heteroatoms. The summed E-state index contributed by atoms with van der Waals surface area (Å²) in [4.78, 5) is 14.1. The fourth-order valence-corrected chi connectivity index (χ4v) is 3.29. The number of benzene rings is 1. The van der Waals surface area contributed by atoms with Crippen LogP contribution >= 0.6 is 0 Å². The molecule has 1 amide bonds. The normalized spacial score (nSPS) is 19.3. The highest BCUT2D eigenvalue weighted by Crippen LogP contribution is 2.23. The van der Waals surface area contributed by atoms with Crippen LogP contribution in [0.15, 0.2) is 30.5 Å². The number of aryl methyl sites for hydroxylation is 1. The van der Waals surface area contributed by atoms with E-state index < -0.39 is 6.04 Å². The molecule has 1 fully saturated rings. The fraction of sp³-hybridized carbons (Fsp3) is 0.412. The maximum Gasteiger partial charge on any atom is 0.240 e. The standard InChI is InChI=1S/C17H20N4O/c1-20-11-12(14-6-2-3-7-16(14)20)9-15(19)17(22)21-8-4-5-13(21)10-18/h2-3,6-7,11,13,15H,4-5,8-9,19H2,1H3/t13-,15+/m1/s1. The topological polar surface area (TPSA) is 75.0 Å². The summed E-state index contributed by atoms with van der Waals surface area (Å²) in [6.45, 7) is 0.639. The second-order valence-electron chi connectivity index (χ2n) is 5.91. The number of rotatable bonds is 3. The Hall–Kier alpha value is -2.32. The summed E-state index contributed by atoms with van der Waals surface area (Å²) >= 11 is 0. The van der Waals surface area contributed by atoms with Gasteiger partial charge in [0.1, 0.15) is 6.04 Å². The van der Waals surface area contributed by atoms with Crippen LogP contribution in [0.4, 0.5) is 0 Å². The third-order valence-corrected chi connectivity index (χ3v) is 4.42. The van der Waals surface area contributed by atoms with Gasteiger partial charge in [0, 0.05) is 30.7 Å². The number of carbonyl (C=O) groups is 1. The lowest BCUT2D eigenvalue weighted by atomic mass is 10.0. The molecule has 1 aromatic carbocycles. The number of carbonyl (C=O) groups excluding carboxylic acids is 1. The summed E-state index contributed by atoms with van der Waals surface area (Å²) in [7, 11) is 1.99. The predicted molar refractivity (Wildman–Crippen MR) is 84.9 cm³/mol. The SMILES string of the molecule is Cn1cc(C[C@H](N)C(=O)N2CCC[C@@H]2C#N)c2ccccc21. The minimum absolute atomic E-state index is 0.114. The quantitative estimate of drug-likeness (QED) is 0.934. The second-order valence-corrected chi connectivity index (χ2v) is 5.91. The van der Waals surface area contributed by atoms with Gasteiger partial charge in [-0.25, -0.2) is 0 Å². The van der Waals surface area contributed by atoms with Crippen LogP contribution in [0.5, 0.6) is 0 Å². The van der Waals surface area contributed by atoms with Crippen molar-refractivity contribution in [1.82, 2.24) is 9.47 Å². The first-order chi connectivity index (χ1) is 10.6. The summed E-state index contributed by atoms with van der Waals surface area (Å²) < 4.78 is 2.05. The number of hydrogen-bond donors (Lipinski definition) is 1. The summed E-state index contributed by atoms with van der Waals surface area (Å²) in [5, 5.41) is 10.2. The Balaban J connectivity index is 1.80. The number of fused-ring (bicyclic) bond motifs is 1. The van der Waals surface area contributed by atoms with Crippen LogP contribution in [0.1, 0.15) is 18.4 Å². The Bertz CT molecular complexity index is 743. The van der Waals surface area contributed by atoms with Crippen molar-refractivity contribution in [2.45, 2.75) is 31.3 Å². The molecule has 0 unspecified atom stereocenters. The summed E-state index contributed by atoms with van der Waals surface area (Å²) in [6, 6.07) is 9.38. The van der Waals surface area contributed by atoms with Gasteiger partial charge in [-0.05, 0) is 30.9 Å². The molecule has 2 atom stereocenters. The van der Waals surface area contributed by atoms with E-state index in [2.05, 4.69) is 22.8 Å². The highest BCUT2D eigenvalue weighted by Gasteiger charge is 2.31. The first kappa shape index (κ1) is 14.6. The van der Waals surface area contributed by atoms with Gasteiger partial charge < -0.3 is 15.2 Å². The van der Waals surface area contributed by atoms with Crippen molar-refractivity contribution in [3.05, 3.63) is 36.0 Å². The zero-order chi connectivity index (χ0) is 15.7. The molecular weight excluding hydrogens is 276 g/mol. The van der Waals surface area contributed by atoms with Gasteiger partial charge in [0.2, 0.25) is 5.91 Å². The van der Waals surface area contributed by atoms with Crippen molar-refractivity contribution in [3.8, 4) is 6.07 Å². The highest BCUT2D eigenvalue weighted by atomic mass is 16.2. The summed E-state index contributed by atoms with van der Waals surface area (Å²) in [5.74, 6) is -0.114. The average molecular weight is 296 g/mol. The maximum atomic E-state index is 12.5. The van der Waals surface area contributed by atoms with Crippen LogP contribution in [0, 0.1) is 11.3 Å². The van der Waals surface area contributed by atoms with E-state index in [1.54, 1.807) is 4.90 Å². The fourth-order valence-electron chi connectivity index (χ4n) is 3.29. The molecule has 0 aliphatic carbocycles. The van der Waals surface area contributed by atoms with Crippen molar-refractivity contribution in [3.63, 3.8) is 0 Å². The van der Waals surface area contributed by atoms with E-state index in [4.69, 9.17) is 11.0 Å². The Morgan fingerprint density at radius 2 is 2.27 bits per heavy atom. The molecule has 0 saturated carbocycles. The molecule has 2 N–H and O–H groups in total. The van der Waals surface area contributed by atoms with Crippen molar-refractivity contribution in [1.29, 1.82) is 5.26 Å². The van der Waals surface area contributed by atoms with Gasteiger partial charge in [0.05, 0.1) is 12.1 Å². The van der Waals surface area contributed by atoms with Gasteiger partial charge in [0.25, 0.3) is 0 Å². The van der Waals surface area contributed by atoms with E-state index in [0.29, 0.717) is 13.0 Å². The molecule has 1 aliphatic rings. The van der Waals surface area contributed by atoms with Gasteiger partial charge in [-0.15, -0.1) is 0 Å². The molecule has 2 heterocycles. The number of para-hydroxylation sites is 1. The average Bonchev–Trinajstić information content (AvgIpc) is 3.12. The third-order valence-electron chi connectivity index (χ3n) is 4.42. The lowest BCUT2D eigenvalue weighted by molar-refractivity contribution is -0.132. The maximum absolute atomic E-state index is 12.5. The lowest BCUT2D eigenvalue weighted by Crippen LogP contribution is -2.46. The summed E-state index contributed by atoms with van der Waals surface area (Å²) in [5.41, 5.74) is 8.34. The monoisotopic (exact) mass is 296 g/mol. The van der Waals surface area contributed by atoms with Gasteiger partial charge in [-0.2, -0.15) is 5.26 Å². The van der Waals surface area contributed by atoms with Crippen LogP contribution in [0.2, 0.25) is 0 Å². The summed E-state index contributed by atoms with van der Waals surface area (Å²) in [6.07, 6.45) is 4.16. The number of aromatic nitrogens is 1. The van der Waals surface area contributed by atoms with Gasteiger partial charge in [-0.1, -0.05) is 18.2 Å². The Kier molecular flexibility index (Phi) is 3.86. The van der Waals surface area contributed by atoms with Crippen molar-refractivity contribution in [2.24, 2.45) is 12.8 Å². The third kappa shape index (κ3) is 2.46. The molecule has 22 heavy (non-hydrogen) atoms. The number of nitrogens with two attached hydrogens (primary N) is 1. The van der Waals surface area contributed by atoms with Crippen LogP contribution in [-0.4, -0.2) is 34.0 Å². The molecule has 0 spiro atoms. The molecule has 1 aromatic heterocycles. The van der Waals surface area contributed by atoms with Crippen LogP contribution in [-0.2, 0) is 18.3 Å². The van der Waals surface area contributed by atoms with Crippen molar-refractivity contribution < 1.29 is 4.79 Å². The zero-order valence-electron chi connectivity index (χ0n) is 12.7.